The number of ether oxygens (including phenoxy) is 1. The zero-order valence-electron chi connectivity index (χ0n) is 15.5. The molecule has 1 heterocycles. The lowest BCUT2D eigenvalue weighted by atomic mass is 9.97. The van der Waals surface area contributed by atoms with Crippen molar-refractivity contribution in [2.45, 2.75) is 32.1 Å². The predicted octanol–water partition coefficient (Wildman–Crippen LogP) is 3.94. The fraction of sp³-hybridized carbons (Fsp3) is 0.556. The zero-order valence-corrected chi connectivity index (χ0v) is 15.5. The lowest BCUT2D eigenvalue weighted by Crippen LogP contribution is -2.43. The minimum Gasteiger partial charge on any atom is -0.466 e. The maximum Gasteiger partial charge on any atom is 0.416 e. The summed E-state index contributed by atoms with van der Waals surface area (Å²) in [6.45, 7) is 1.96. The van der Waals surface area contributed by atoms with E-state index < -0.39 is 41.6 Å². The van der Waals surface area contributed by atoms with Crippen LogP contribution >= 0.6 is 0 Å². The normalized spacial score (nSPS) is 15.9. The van der Waals surface area contributed by atoms with Crippen molar-refractivity contribution in [3.05, 3.63) is 29.3 Å². The number of amides is 1. The summed E-state index contributed by atoms with van der Waals surface area (Å²) >= 11 is 0. The third kappa shape index (κ3) is 6.26. The van der Waals surface area contributed by atoms with Gasteiger partial charge in [0.15, 0.2) is 0 Å². The first-order chi connectivity index (χ1) is 13.4. The lowest BCUT2D eigenvalue weighted by Gasteiger charge is -2.31. The first-order valence-electron chi connectivity index (χ1n) is 8.89. The summed E-state index contributed by atoms with van der Waals surface area (Å²) in [5, 5.41) is 2.34. The number of alkyl halides is 6. The maximum atomic E-state index is 12.9. The van der Waals surface area contributed by atoms with E-state index in [0.717, 1.165) is 0 Å². The molecule has 0 spiro atoms. The number of benzene rings is 1. The Morgan fingerprint density at radius 2 is 1.55 bits per heavy atom. The molecule has 1 aromatic rings. The van der Waals surface area contributed by atoms with Gasteiger partial charge in [-0.05, 0) is 38.0 Å². The first kappa shape index (κ1) is 22.8. The molecule has 0 aliphatic carbocycles. The molecule has 2 rings (SSSR count). The summed E-state index contributed by atoms with van der Waals surface area (Å²) in [7, 11) is 0. The van der Waals surface area contributed by atoms with Gasteiger partial charge in [-0.3, -0.25) is 9.59 Å². The number of likely N-dealkylation sites (tertiary alicyclic amines) is 1. The van der Waals surface area contributed by atoms with Crippen LogP contribution in [0.1, 0.15) is 30.9 Å². The van der Waals surface area contributed by atoms with E-state index in [1.165, 1.54) is 4.90 Å². The van der Waals surface area contributed by atoms with Gasteiger partial charge >= 0.3 is 18.3 Å². The number of rotatable bonds is 5. The van der Waals surface area contributed by atoms with E-state index in [9.17, 15) is 35.9 Å². The summed E-state index contributed by atoms with van der Waals surface area (Å²) < 4.78 is 82.2. The van der Waals surface area contributed by atoms with E-state index in [1.54, 1.807) is 6.92 Å². The Kier molecular flexibility index (Phi) is 7.02. The van der Waals surface area contributed by atoms with Crippen LogP contribution in [-0.2, 0) is 26.7 Å². The minimum absolute atomic E-state index is 0.0210. The van der Waals surface area contributed by atoms with Gasteiger partial charge in [-0.2, -0.15) is 26.3 Å². The highest BCUT2D eigenvalue weighted by molar-refractivity contribution is 5.81. The zero-order chi connectivity index (χ0) is 21.8. The van der Waals surface area contributed by atoms with E-state index >= 15 is 0 Å². The van der Waals surface area contributed by atoms with E-state index in [0.29, 0.717) is 25.0 Å². The minimum atomic E-state index is -4.96. The van der Waals surface area contributed by atoms with Gasteiger partial charge in [0.1, 0.15) is 0 Å². The molecular formula is C18H20F6N2O3. The largest absolute Gasteiger partial charge is 0.466 e. The molecule has 5 nitrogen and oxygen atoms in total. The van der Waals surface area contributed by atoms with Crippen LogP contribution in [0.3, 0.4) is 0 Å². The number of esters is 1. The van der Waals surface area contributed by atoms with Gasteiger partial charge in [-0.25, -0.2) is 0 Å². The van der Waals surface area contributed by atoms with Crippen LogP contribution in [-0.4, -0.2) is 43.0 Å². The molecule has 1 aliphatic heterocycles. The SMILES string of the molecule is CCOC(=O)C1CCN(C(=O)CNc2cc(C(F)(F)F)cc(C(F)(F)F)c2)CC1. The third-order valence-electron chi connectivity index (χ3n) is 4.50. The highest BCUT2D eigenvalue weighted by Crippen LogP contribution is 2.37. The van der Waals surface area contributed by atoms with Crippen molar-refractivity contribution >= 4 is 17.6 Å². The highest BCUT2D eigenvalue weighted by atomic mass is 19.4. The summed E-state index contributed by atoms with van der Waals surface area (Å²) in [6.07, 6.45) is -9.16. The number of hydrogen-bond acceptors (Lipinski definition) is 4. The van der Waals surface area contributed by atoms with Crippen molar-refractivity contribution in [1.29, 1.82) is 0 Å². The molecule has 162 valence electrons. The summed E-state index contributed by atoms with van der Waals surface area (Å²) in [6, 6.07) is 1.07. The van der Waals surface area contributed by atoms with Crippen LogP contribution in [0.15, 0.2) is 18.2 Å². The van der Waals surface area contributed by atoms with E-state index in [1.807, 2.05) is 0 Å². The van der Waals surface area contributed by atoms with Gasteiger partial charge in [-0.15, -0.1) is 0 Å². The molecule has 0 bridgehead atoms. The average Bonchev–Trinajstić information content (AvgIpc) is 2.65. The van der Waals surface area contributed by atoms with E-state index in [4.69, 9.17) is 4.74 Å². The van der Waals surface area contributed by atoms with Crippen LogP contribution in [0, 0.1) is 5.92 Å². The van der Waals surface area contributed by atoms with Crippen molar-refractivity contribution in [3.63, 3.8) is 0 Å². The van der Waals surface area contributed by atoms with Gasteiger partial charge in [0, 0.05) is 18.8 Å². The molecule has 0 atom stereocenters. The van der Waals surface area contributed by atoms with Gasteiger partial charge in [0.25, 0.3) is 0 Å². The van der Waals surface area contributed by atoms with Crippen molar-refractivity contribution in [1.82, 2.24) is 4.90 Å². The molecule has 1 fully saturated rings. The number of carbonyl (C=O) groups excluding carboxylic acids is 2. The van der Waals surface area contributed by atoms with Gasteiger partial charge in [0.2, 0.25) is 5.91 Å². The topological polar surface area (TPSA) is 58.6 Å². The smallest absolute Gasteiger partial charge is 0.416 e. The molecule has 0 saturated carbocycles. The Hall–Kier alpha value is -2.46. The van der Waals surface area contributed by atoms with Crippen LogP contribution in [0.4, 0.5) is 32.0 Å². The third-order valence-corrected chi connectivity index (χ3v) is 4.50. The molecule has 11 heteroatoms. The second-order valence-corrected chi connectivity index (χ2v) is 6.56. The molecule has 0 unspecified atom stereocenters. The molecule has 0 radical (unpaired) electrons. The van der Waals surface area contributed by atoms with Crippen molar-refractivity contribution in [3.8, 4) is 0 Å². The van der Waals surface area contributed by atoms with Crippen LogP contribution < -0.4 is 5.32 Å². The van der Waals surface area contributed by atoms with Gasteiger partial charge in [0.05, 0.1) is 30.2 Å². The van der Waals surface area contributed by atoms with Crippen LogP contribution in [0.5, 0.6) is 0 Å². The summed E-state index contributed by atoms with van der Waals surface area (Å²) in [5.41, 5.74) is -3.38. The Morgan fingerprint density at radius 3 is 2.00 bits per heavy atom. The van der Waals surface area contributed by atoms with Crippen molar-refractivity contribution < 1.29 is 40.7 Å². The quantitative estimate of drug-likeness (QED) is 0.573. The van der Waals surface area contributed by atoms with Crippen molar-refractivity contribution in [2.24, 2.45) is 5.92 Å². The maximum absolute atomic E-state index is 12.9. The van der Waals surface area contributed by atoms with Crippen LogP contribution in [0.2, 0.25) is 0 Å². The molecule has 1 amide bonds. The number of carbonyl (C=O) groups is 2. The number of hydrogen-bond donors (Lipinski definition) is 1. The number of nitrogens with one attached hydrogen (secondary N) is 1. The fourth-order valence-electron chi connectivity index (χ4n) is 2.97. The Morgan fingerprint density at radius 1 is 1.03 bits per heavy atom. The Balaban J connectivity index is 2.01. The fourth-order valence-corrected chi connectivity index (χ4v) is 2.97. The monoisotopic (exact) mass is 426 g/mol. The van der Waals surface area contributed by atoms with E-state index in [2.05, 4.69) is 5.32 Å². The number of anilines is 1. The standard InChI is InChI=1S/C18H20F6N2O3/c1-2-29-16(28)11-3-5-26(6-4-11)15(27)10-25-14-8-12(17(19,20)21)7-13(9-14)18(22,23)24/h7-9,11,25H,2-6,10H2,1H3. The lowest BCUT2D eigenvalue weighted by molar-refractivity contribution is -0.151. The van der Waals surface area contributed by atoms with Crippen molar-refractivity contribution in [2.75, 3.05) is 31.6 Å². The first-order valence-corrected chi connectivity index (χ1v) is 8.89. The Bertz CT molecular complexity index is 708. The molecule has 1 saturated heterocycles. The second kappa shape index (κ2) is 8.91. The molecule has 1 aromatic carbocycles. The molecule has 1 N–H and O–H groups in total. The van der Waals surface area contributed by atoms with Gasteiger partial charge < -0.3 is 15.0 Å². The second-order valence-electron chi connectivity index (χ2n) is 6.56. The average molecular weight is 426 g/mol. The Labute approximate surface area is 163 Å². The molecule has 29 heavy (non-hydrogen) atoms. The van der Waals surface area contributed by atoms with Crippen LogP contribution in [0.25, 0.3) is 0 Å². The predicted molar refractivity (Wildman–Crippen MR) is 90.9 cm³/mol. The summed E-state index contributed by atoms with van der Waals surface area (Å²) in [5.74, 6) is -1.16. The highest BCUT2D eigenvalue weighted by Gasteiger charge is 2.37. The summed E-state index contributed by atoms with van der Waals surface area (Å²) in [4.78, 5) is 25.3. The molecule has 0 aromatic heterocycles. The van der Waals surface area contributed by atoms with E-state index in [-0.39, 0.29) is 37.6 Å². The number of nitrogens with zero attached hydrogens (tertiary/aromatic N) is 1. The molecular weight excluding hydrogens is 406 g/mol. The number of halogens is 6. The number of piperidine rings is 1. The van der Waals surface area contributed by atoms with Gasteiger partial charge in [-0.1, -0.05) is 0 Å². The molecule has 1 aliphatic rings.